The first-order valence-corrected chi connectivity index (χ1v) is 8.34. The average Bonchev–Trinajstić information content (AvgIpc) is 3.34. The first kappa shape index (κ1) is 15.7. The van der Waals surface area contributed by atoms with E-state index in [1.165, 1.54) is 5.56 Å². The number of amides is 1. The summed E-state index contributed by atoms with van der Waals surface area (Å²) in [5, 5.41) is 7.02. The molecule has 1 aliphatic rings. The van der Waals surface area contributed by atoms with E-state index in [0.717, 1.165) is 5.76 Å². The zero-order valence-electron chi connectivity index (χ0n) is 14.0. The maximum Gasteiger partial charge on any atom is 0.274 e. The van der Waals surface area contributed by atoms with Crippen molar-refractivity contribution in [2.45, 2.75) is 18.9 Å². The third-order valence-electron chi connectivity index (χ3n) is 4.68. The van der Waals surface area contributed by atoms with Crippen molar-refractivity contribution >= 4 is 5.91 Å². The van der Waals surface area contributed by atoms with Gasteiger partial charge in [-0.2, -0.15) is 5.10 Å². The minimum absolute atomic E-state index is 0.0718. The van der Waals surface area contributed by atoms with Crippen LogP contribution in [0.25, 0.3) is 11.5 Å². The molecular formula is C19H20N4O2. The van der Waals surface area contributed by atoms with Gasteiger partial charge >= 0.3 is 0 Å². The second-order valence-corrected chi connectivity index (χ2v) is 6.47. The molecule has 2 atom stereocenters. The molecule has 0 spiro atoms. The van der Waals surface area contributed by atoms with Gasteiger partial charge in [-0.25, -0.2) is 0 Å². The monoisotopic (exact) mass is 336 g/mol. The first-order chi connectivity index (χ1) is 12.1. The van der Waals surface area contributed by atoms with Crippen molar-refractivity contribution in [3.63, 3.8) is 0 Å². The molecule has 0 saturated carbocycles. The van der Waals surface area contributed by atoms with Crippen LogP contribution in [0.4, 0.5) is 0 Å². The second kappa shape index (κ2) is 6.22. The van der Waals surface area contributed by atoms with Crippen LogP contribution in [0.5, 0.6) is 0 Å². The van der Waals surface area contributed by atoms with Crippen molar-refractivity contribution in [2.75, 3.05) is 13.1 Å². The zero-order valence-corrected chi connectivity index (χ0v) is 14.0. The van der Waals surface area contributed by atoms with Crippen LogP contribution in [0.3, 0.4) is 0 Å². The van der Waals surface area contributed by atoms with Crippen LogP contribution >= 0.6 is 0 Å². The molecule has 3 heterocycles. The summed E-state index contributed by atoms with van der Waals surface area (Å²) in [7, 11) is 0. The Morgan fingerprint density at radius 2 is 2.04 bits per heavy atom. The smallest absolute Gasteiger partial charge is 0.274 e. The Kier molecular flexibility index (Phi) is 3.89. The van der Waals surface area contributed by atoms with E-state index in [1.54, 1.807) is 11.0 Å². The molecule has 0 aliphatic carbocycles. The summed E-state index contributed by atoms with van der Waals surface area (Å²) in [6.45, 7) is 3.01. The standard InChI is InChI=1S/C19H20N4O2/c1-12-7-8-18(25-12)16-9-17(22-21-16)19(24)23-10-14(15(20)11-23)13-5-3-2-4-6-13/h2-9,14-15H,10-11,20H2,1H3,(H,21,22)/t14-,15+/m0/s1. The number of nitrogens with zero attached hydrogens (tertiary/aromatic N) is 2. The van der Waals surface area contributed by atoms with Gasteiger partial charge in [-0.15, -0.1) is 0 Å². The fourth-order valence-electron chi connectivity index (χ4n) is 3.35. The van der Waals surface area contributed by atoms with E-state index in [2.05, 4.69) is 22.3 Å². The molecule has 3 N–H and O–H groups in total. The molecule has 3 aromatic rings. The summed E-state index contributed by atoms with van der Waals surface area (Å²) in [5.41, 5.74) is 8.52. The average molecular weight is 336 g/mol. The quantitative estimate of drug-likeness (QED) is 0.769. The van der Waals surface area contributed by atoms with E-state index in [-0.39, 0.29) is 17.9 Å². The predicted molar refractivity (Wildman–Crippen MR) is 94.1 cm³/mol. The van der Waals surface area contributed by atoms with Gasteiger partial charge in [-0.1, -0.05) is 30.3 Å². The molecular weight excluding hydrogens is 316 g/mol. The Morgan fingerprint density at radius 3 is 2.76 bits per heavy atom. The molecule has 0 radical (unpaired) electrons. The lowest BCUT2D eigenvalue weighted by Crippen LogP contribution is -2.32. The molecule has 1 amide bonds. The van der Waals surface area contributed by atoms with Gasteiger partial charge in [0.2, 0.25) is 0 Å². The number of likely N-dealkylation sites (tertiary alicyclic amines) is 1. The third-order valence-corrected chi connectivity index (χ3v) is 4.68. The van der Waals surface area contributed by atoms with Crippen molar-refractivity contribution < 1.29 is 9.21 Å². The minimum atomic E-state index is -0.111. The molecule has 0 unspecified atom stereocenters. The fraction of sp³-hybridized carbons (Fsp3) is 0.263. The molecule has 2 aromatic heterocycles. The van der Waals surface area contributed by atoms with E-state index in [0.29, 0.717) is 30.2 Å². The normalized spacial score (nSPS) is 20.2. The van der Waals surface area contributed by atoms with Crippen molar-refractivity contribution in [3.05, 3.63) is 65.5 Å². The van der Waals surface area contributed by atoms with Gasteiger partial charge in [0, 0.05) is 31.1 Å². The topological polar surface area (TPSA) is 88.1 Å². The van der Waals surface area contributed by atoms with Crippen LogP contribution < -0.4 is 5.73 Å². The molecule has 1 fully saturated rings. The van der Waals surface area contributed by atoms with Gasteiger partial charge in [0.25, 0.3) is 5.91 Å². The van der Waals surface area contributed by atoms with Crippen LogP contribution in [0.1, 0.15) is 27.7 Å². The largest absolute Gasteiger partial charge is 0.460 e. The van der Waals surface area contributed by atoms with Gasteiger partial charge in [0.05, 0.1) is 0 Å². The van der Waals surface area contributed by atoms with Gasteiger partial charge in [-0.3, -0.25) is 9.89 Å². The molecule has 25 heavy (non-hydrogen) atoms. The number of H-pyrrole nitrogens is 1. The van der Waals surface area contributed by atoms with E-state index in [4.69, 9.17) is 10.2 Å². The number of rotatable bonds is 3. The van der Waals surface area contributed by atoms with Crippen molar-refractivity contribution in [1.82, 2.24) is 15.1 Å². The molecule has 1 aromatic carbocycles. The zero-order chi connectivity index (χ0) is 17.4. The number of nitrogens with one attached hydrogen (secondary N) is 1. The number of aromatic nitrogens is 2. The van der Waals surface area contributed by atoms with Crippen LogP contribution in [0.15, 0.2) is 52.9 Å². The third kappa shape index (κ3) is 2.96. The molecule has 6 nitrogen and oxygen atoms in total. The number of aromatic amines is 1. The highest BCUT2D eigenvalue weighted by Gasteiger charge is 2.35. The number of aryl methyl sites for hydroxylation is 1. The van der Waals surface area contributed by atoms with Gasteiger partial charge in [0.15, 0.2) is 11.5 Å². The summed E-state index contributed by atoms with van der Waals surface area (Å²) in [6, 6.07) is 15.5. The van der Waals surface area contributed by atoms with Crippen molar-refractivity contribution in [1.29, 1.82) is 0 Å². The minimum Gasteiger partial charge on any atom is -0.460 e. The van der Waals surface area contributed by atoms with Crippen LogP contribution in [0, 0.1) is 6.92 Å². The number of furan rings is 1. The highest BCUT2D eigenvalue weighted by Crippen LogP contribution is 2.28. The van der Waals surface area contributed by atoms with Gasteiger partial charge in [-0.05, 0) is 24.6 Å². The Hall–Kier alpha value is -2.86. The van der Waals surface area contributed by atoms with Crippen molar-refractivity contribution in [3.8, 4) is 11.5 Å². The number of carbonyl (C=O) groups excluding carboxylic acids is 1. The summed E-state index contributed by atoms with van der Waals surface area (Å²) in [4.78, 5) is 14.5. The van der Waals surface area contributed by atoms with E-state index in [9.17, 15) is 4.79 Å². The number of hydrogen-bond donors (Lipinski definition) is 2. The number of nitrogens with two attached hydrogens (primary N) is 1. The van der Waals surface area contributed by atoms with E-state index in [1.807, 2.05) is 37.3 Å². The highest BCUT2D eigenvalue weighted by atomic mass is 16.3. The maximum absolute atomic E-state index is 12.8. The Morgan fingerprint density at radius 1 is 1.24 bits per heavy atom. The Balaban J connectivity index is 1.51. The fourth-order valence-corrected chi connectivity index (χ4v) is 3.35. The highest BCUT2D eigenvalue weighted by molar-refractivity contribution is 5.93. The maximum atomic E-state index is 12.8. The molecule has 4 rings (SSSR count). The molecule has 1 aliphatic heterocycles. The lowest BCUT2D eigenvalue weighted by molar-refractivity contribution is 0.0783. The number of hydrogen-bond acceptors (Lipinski definition) is 4. The predicted octanol–water partition coefficient (Wildman–Crippen LogP) is 2.55. The molecule has 128 valence electrons. The van der Waals surface area contributed by atoms with Crippen molar-refractivity contribution in [2.24, 2.45) is 5.73 Å². The second-order valence-electron chi connectivity index (χ2n) is 6.47. The van der Waals surface area contributed by atoms with Crippen LogP contribution in [0.2, 0.25) is 0 Å². The Bertz CT molecular complexity index is 884. The first-order valence-electron chi connectivity index (χ1n) is 8.34. The Labute approximate surface area is 145 Å². The lowest BCUT2D eigenvalue weighted by Gasteiger charge is -2.15. The lowest BCUT2D eigenvalue weighted by atomic mass is 9.95. The molecule has 6 heteroatoms. The summed E-state index contributed by atoms with van der Waals surface area (Å²) >= 11 is 0. The SMILES string of the molecule is Cc1ccc(-c2cc(C(=O)N3C[C@@H](N)[C@H](c4ccccc4)C3)n[nH]2)o1. The van der Waals surface area contributed by atoms with Crippen LogP contribution in [-0.4, -0.2) is 40.1 Å². The molecule has 1 saturated heterocycles. The van der Waals surface area contributed by atoms with Crippen LogP contribution in [-0.2, 0) is 0 Å². The summed E-state index contributed by atoms with van der Waals surface area (Å²) < 4.78 is 5.56. The molecule has 0 bridgehead atoms. The van der Waals surface area contributed by atoms with E-state index < -0.39 is 0 Å². The van der Waals surface area contributed by atoms with E-state index >= 15 is 0 Å². The summed E-state index contributed by atoms with van der Waals surface area (Å²) in [6.07, 6.45) is 0. The number of carbonyl (C=O) groups is 1. The summed E-state index contributed by atoms with van der Waals surface area (Å²) in [5.74, 6) is 1.52. The van der Waals surface area contributed by atoms with Gasteiger partial charge in [0.1, 0.15) is 11.5 Å². The number of benzene rings is 1. The van der Waals surface area contributed by atoms with Gasteiger partial charge < -0.3 is 15.1 Å².